The number of amides is 1. The molecule has 7 nitrogen and oxygen atoms in total. The van der Waals surface area contributed by atoms with E-state index in [9.17, 15) is 4.79 Å². The van der Waals surface area contributed by atoms with Gasteiger partial charge in [0, 0.05) is 12.0 Å². The number of thioether (sulfide) groups is 1. The van der Waals surface area contributed by atoms with Crippen LogP contribution in [0.1, 0.15) is 44.9 Å². The number of hydrogen-bond acceptors (Lipinski definition) is 7. The lowest BCUT2D eigenvalue weighted by Crippen LogP contribution is -2.35. The van der Waals surface area contributed by atoms with E-state index in [0.717, 1.165) is 27.8 Å². The van der Waals surface area contributed by atoms with Crippen LogP contribution in [0.3, 0.4) is 0 Å². The number of ether oxygens (including phenoxy) is 2. The number of hydrogen-bond donors (Lipinski definition) is 1. The third-order valence-corrected chi connectivity index (χ3v) is 5.12. The fraction of sp³-hybridized carbons (Fsp3) is 0.348. The van der Waals surface area contributed by atoms with Gasteiger partial charge >= 0.3 is 6.09 Å². The lowest BCUT2D eigenvalue weighted by Gasteiger charge is -2.19. The Kier molecular flexibility index (Phi) is 6.90. The van der Waals surface area contributed by atoms with E-state index in [0.29, 0.717) is 11.1 Å². The summed E-state index contributed by atoms with van der Waals surface area (Å²) >= 11 is 1.28. The number of benzene rings is 2. The first-order chi connectivity index (χ1) is 14.7. The van der Waals surface area contributed by atoms with Gasteiger partial charge in [0.2, 0.25) is 0 Å². The van der Waals surface area contributed by atoms with E-state index < -0.39 is 11.7 Å². The number of alkyl carbamates (subject to hydrolysis) is 1. The van der Waals surface area contributed by atoms with E-state index in [-0.39, 0.29) is 5.92 Å². The van der Waals surface area contributed by atoms with Gasteiger partial charge in [0.05, 0.1) is 12.8 Å². The molecule has 31 heavy (non-hydrogen) atoms. The first-order valence-electron chi connectivity index (χ1n) is 9.85. The standard InChI is InChI=1S/C23H27N3O4S/c1-14(15-7-8-17-12-18(28-5)10-9-16(17)11-15)19-13-20(30-26-19)24-21(31-6)25-22(27)29-23(2,3)4/h7-14H,1-6H3,(H,24,25,27). The Morgan fingerprint density at radius 2 is 1.87 bits per heavy atom. The molecule has 0 fully saturated rings. The Labute approximate surface area is 186 Å². The SMILES string of the molecule is COc1ccc2cc(C(C)c3cc(/N=C(\NC(=O)OC(C)(C)C)SC)on3)ccc2c1. The molecular weight excluding hydrogens is 414 g/mol. The van der Waals surface area contributed by atoms with Gasteiger partial charge in [-0.25, -0.2) is 4.79 Å². The summed E-state index contributed by atoms with van der Waals surface area (Å²) < 4.78 is 15.9. The molecular formula is C23H27N3O4S. The number of aromatic nitrogens is 1. The average Bonchev–Trinajstić information content (AvgIpc) is 3.19. The summed E-state index contributed by atoms with van der Waals surface area (Å²) in [6.07, 6.45) is 1.24. The molecule has 1 atom stereocenters. The van der Waals surface area contributed by atoms with Crippen LogP contribution in [0.25, 0.3) is 10.8 Å². The lowest BCUT2D eigenvalue weighted by molar-refractivity contribution is 0.0564. The number of methoxy groups -OCH3 is 1. The second kappa shape index (κ2) is 9.43. The number of aliphatic imine (C=N–C) groups is 1. The van der Waals surface area contributed by atoms with E-state index in [1.54, 1.807) is 40.2 Å². The number of nitrogens with one attached hydrogen (secondary N) is 1. The van der Waals surface area contributed by atoms with Crippen molar-refractivity contribution in [3.63, 3.8) is 0 Å². The summed E-state index contributed by atoms with van der Waals surface area (Å²) in [6, 6.07) is 14.0. The zero-order chi connectivity index (χ0) is 22.6. The number of fused-ring (bicyclic) bond motifs is 1. The fourth-order valence-corrected chi connectivity index (χ4v) is 3.33. The van der Waals surface area contributed by atoms with Crippen molar-refractivity contribution in [2.75, 3.05) is 13.4 Å². The predicted octanol–water partition coefficient (Wildman–Crippen LogP) is 5.86. The molecule has 0 aliphatic carbocycles. The monoisotopic (exact) mass is 441 g/mol. The highest BCUT2D eigenvalue weighted by Crippen LogP contribution is 2.30. The molecule has 1 unspecified atom stereocenters. The third kappa shape index (κ3) is 6.01. The van der Waals surface area contributed by atoms with Gasteiger partial charge in [-0.15, -0.1) is 0 Å². The minimum atomic E-state index is -0.590. The van der Waals surface area contributed by atoms with Gasteiger partial charge in [-0.2, -0.15) is 4.99 Å². The van der Waals surface area contributed by atoms with Crippen LogP contribution in [-0.4, -0.2) is 35.4 Å². The summed E-state index contributed by atoms with van der Waals surface area (Å²) in [5, 5.41) is 9.39. The van der Waals surface area contributed by atoms with Crippen molar-refractivity contribution in [3.05, 3.63) is 53.7 Å². The van der Waals surface area contributed by atoms with Crippen molar-refractivity contribution in [2.24, 2.45) is 4.99 Å². The molecule has 3 rings (SSSR count). The fourth-order valence-electron chi connectivity index (χ4n) is 2.96. The largest absolute Gasteiger partial charge is 0.497 e. The van der Waals surface area contributed by atoms with E-state index in [1.807, 2.05) is 18.2 Å². The van der Waals surface area contributed by atoms with Crippen molar-refractivity contribution in [1.29, 1.82) is 0 Å². The first-order valence-corrected chi connectivity index (χ1v) is 11.1. The molecule has 164 valence electrons. The predicted molar refractivity (Wildman–Crippen MR) is 124 cm³/mol. The molecule has 0 spiro atoms. The topological polar surface area (TPSA) is 86.0 Å². The summed E-state index contributed by atoms with van der Waals surface area (Å²) in [7, 11) is 1.66. The zero-order valence-corrected chi connectivity index (χ0v) is 19.4. The van der Waals surface area contributed by atoms with Gasteiger partial charge in [-0.05, 0) is 55.5 Å². The van der Waals surface area contributed by atoms with Crippen LogP contribution in [0, 0.1) is 0 Å². The Hall–Kier alpha value is -3.00. The van der Waals surface area contributed by atoms with Gasteiger partial charge in [0.15, 0.2) is 5.17 Å². The van der Waals surface area contributed by atoms with Gasteiger partial charge < -0.3 is 14.0 Å². The first kappa shape index (κ1) is 22.7. The van der Waals surface area contributed by atoms with Crippen LogP contribution in [0.4, 0.5) is 10.7 Å². The summed E-state index contributed by atoms with van der Waals surface area (Å²) in [5.74, 6) is 1.15. The minimum Gasteiger partial charge on any atom is -0.497 e. The number of carbonyl (C=O) groups is 1. The molecule has 8 heteroatoms. The molecule has 2 aromatic carbocycles. The third-order valence-electron chi connectivity index (χ3n) is 4.54. The molecule has 3 aromatic rings. The smallest absolute Gasteiger partial charge is 0.413 e. The average molecular weight is 442 g/mol. The van der Waals surface area contributed by atoms with Crippen LogP contribution in [0.2, 0.25) is 0 Å². The number of rotatable bonds is 4. The van der Waals surface area contributed by atoms with Crippen molar-refractivity contribution < 1.29 is 18.8 Å². The Morgan fingerprint density at radius 1 is 1.16 bits per heavy atom. The van der Waals surface area contributed by atoms with Crippen LogP contribution < -0.4 is 10.1 Å². The quantitative estimate of drug-likeness (QED) is 0.403. The molecule has 0 radical (unpaired) electrons. The zero-order valence-electron chi connectivity index (χ0n) is 18.6. The van der Waals surface area contributed by atoms with Crippen LogP contribution in [0.15, 0.2) is 52.0 Å². The van der Waals surface area contributed by atoms with Crippen molar-refractivity contribution in [3.8, 4) is 5.75 Å². The van der Waals surface area contributed by atoms with Crippen LogP contribution in [-0.2, 0) is 4.74 Å². The van der Waals surface area contributed by atoms with Gasteiger partial charge in [-0.3, -0.25) is 5.32 Å². The molecule has 1 amide bonds. The molecule has 0 aliphatic heterocycles. The highest BCUT2D eigenvalue weighted by atomic mass is 32.2. The maximum Gasteiger partial charge on any atom is 0.413 e. The van der Waals surface area contributed by atoms with Gasteiger partial charge in [0.1, 0.15) is 11.4 Å². The Morgan fingerprint density at radius 3 is 2.55 bits per heavy atom. The van der Waals surface area contributed by atoms with Crippen molar-refractivity contribution in [2.45, 2.75) is 39.2 Å². The number of carbonyl (C=O) groups excluding carboxylic acids is 1. The molecule has 0 aliphatic rings. The van der Waals surface area contributed by atoms with E-state index >= 15 is 0 Å². The number of amidine groups is 1. The maximum atomic E-state index is 12.0. The Bertz CT molecular complexity index is 1100. The van der Waals surface area contributed by atoms with Gasteiger partial charge in [-0.1, -0.05) is 48.1 Å². The molecule has 1 heterocycles. The summed E-state index contributed by atoms with van der Waals surface area (Å²) in [6.45, 7) is 7.46. The van der Waals surface area contributed by atoms with Crippen molar-refractivity contribution >= 4 is 39.7 Å². The highest BCUT2D eigenvalue weighted by Gasteiger charge is 2.18. The van der Waals surface area contributed by atoms with Crippen LogP contribution >= 0.6 is 11.8 Å². The molecule has 1 aromatic heterocycles. The second-order valence-corrected chi connectivity index (χ2v) is 8.83. The second-order valence-electron chi connectivity index (χ2n) is 8.03. The molecule has 0 saturated heterocycles. The molecule has 0 saturated carbocycles. The summed E-state index contributed by atoms with van der Waals surface area (Å²) in [5.41, 5.74) is 1.27. The molecule has 1 N–H and O–H groups in total. The van der Waals surface area contributed by atoms with E-state index in [1.165, 1.54) is 11.8 Å². The Balaban J connectivity index is 1.76. The van der Waals surface area contributed by atoms with E-state index in [2.05, 4.69) is 40.6 Å². The van der Waals surface area contributed by atoms with Crippen molar-refractivity contribution in [1.82, 2.24) is 10.5 Å². The minimum absolute atomic E-state index is 0.00995. The number of nitrogens with zero attached hydrogens (tertiary/aromatic N) is 2. The summed E-state index contributed by atoms with van der Waals surface area (Å²) in [4.78, 5) is 16.3. The normalized spacial score (nSPS) is 13.2. The lowest BCUT2D eigenvalue weighted by atomic mass is 9.95. The highest BCUT2D eigenvalue weighted by molar-refractivity contribution is 8.13. The van der Waals surface area contributed by atoms with Crippen LogP contribution in [0.5, 0.6) is 5.75 Å². The molecule has 0 bridgehead atoms. The maximum absolute atomic E-state index is 12.0. The van der Waals surface area contributed by atoms with E-state index in [4.69, 9.17) is 14.0 Å². The van der Waals surface area contributed by atoms with Gasteiger partial charge in [0.25, 0.3) is 5.88 Å².